The molecule has 0 aliphatic rings. The molecule has 0 bridgehead atoms. The van der Waals surface area contributed by atoms with Gasteiger partial charge in [-0.25, -0.2) is 0 Å². The quantitative estimate of drug-likeness (QED) is 0.857. The Morgan fingerprint density at radius 1 is 1.28 bits per heavy atom. The lowest BCUT2D eigenvalue weighted by atomic mass is 10.2. The molecule has 1 aromatic carbocycles. The van der Waals surface area contributed by atoms with E-state index in [0.717, 1.165) is 10.6 Å². The molecule has 0 saturated heterocycles. The summed E-state index contributed by atoms with van der Waals surface area (Å²) in [6.45, 7) is 2.04. The lowest BCUT2D eigenvalue weighted by Crippen LogP contribution is -2.14. The molecule has 1 amide bonds. The van der Waals surface area contributed by atoms with Crippen LogP contribution in [0.2, 0.25) is 0 Å². The Bertz CT molecular complexity index is 528. The van der Waals surface area contributed by atoms with Gasteiger partial charge in [-0.2, -0.15) is 0 Å². The maximum atomic E-state index is 11.7. The minimum Gasteiger partial charge on any atom is -0.324 e. The zero-order valence-corrected chi connectivity index (χ0v) is 10.9. The van der Waals surface area contributed by atoms with Gasteiger partial charge in [0.05, 0.1) is 17.6 Å². The van der Waals surface area contributed by atoms with Crippen molar-refractivity contribution in [1.29, 1.82) is 0 Å². The second kappa shape index (κ2) is 6.21. The molecule has 1 heterocycles. The summed E-state index contributed by atoms with van der Waals surface area (Å²) in [5, 5.41) is 2.81. The molecule has 1 N–H and O–H groups in total. The average molecular weight is 258 g/mol. The van der Waals surface area contributed by atoms with E-state index in [1.807, 2.05) is 37.3 Å². The fraction of sp³-hybridized carbons (Fsp3) is 0.143. The molecule has 0 unspecified atom stereocenters. The highest BCUT2D eigenvalue weighted by Crippen LogP contribution is 2.21. The second-order valence-corrected chi connectivity index (χ2v) is 4.86. The first-order valence-corrected chi connectivity index (χ1v) is 6.62. The van der Waals surface area contributed by atoms with E-state index in [1.165, 1.54) is 5.56 Å². The van der Waals surface area contributed by atoms with E-state index in [-0.39, 0.29) is 5.91 Å². The van der Waals surface area contributed by atoms with Gasteiger partial charge in [-0.15, -0.1) is 11.8 Å². The molecule has 0 fully saturated rings. The third kappa shape index (κ3) is 3.60. The Labute approximate surface area is 111 Å². The van der Waals surface area contributed by atoms with Crippen molar-refractivity contribution in [1.82, 2.24) is 4.98 Å². The van der Waals surface area contributed by atoms with Crippen molar-refractivity contribution in [3.8, 4) is 0 Å². The zero-order chi connectivity index (χ0) is 12.8. The van der Waals surface area contributed by atoms with E-state index in [2.05, 4.69) is 10.3 Å². The number of rotatable bonds is 4. The molecule has 0 spiro atoms. The molecule has 0 aliphatic carbocycles. The summed E-state index contributed by atoms with van der Waals surface area (Å²) >= 11 is 1.54. The number of nitrogens with zero attached hydrogens (tertiary/aromatic N) is 1. The molecule has 0 aliphatic heterocycles. The number of carbonyl (C=O) groups is 1. The summed E-state index contributed by atoms with van der Waals surface area (Å²) in [4.78, 5) is 16.8. The van der Waals surface area contributed by atoms with Gasteiger partial charge in [-0.05, 0) is 30.7 Å². The van der Waals surface area contributed by atoms with Crippen molar-refractivity contribution in [3.05, 3.63) is 54.4 Å². The first-order valence-electron chi connectivity index (χ1n) is 5.64. The maximum Gasteiger partial charge on any atom is 0.234 e. The van der Waals surface area contributed by atoms with Gasteiger partial charge < -0.3 is 5.32 Å². The van der Waals surface area contributed by atoms with E-state index in [0.29, 0.717) is 5.75 Å². The fourth-order valence-corrected chi connectivity index (χ4v) is 2.32. The first-order chi connectivity index (χ1) is 8.75. The minimum absolute atomic E-state index is 0.0174. The summed E-state index contributed by atoms with van der Waals surface area (Å²) in [6, 6.07) is 11.7. The molecule has 18 heavy (non-hydrogen) atoms. The summed E-state index contributed by atoms with van der Waals surface area (Å²) in [5.41, 5.74) is 1.92. The second-order valence-electron chi connectivity index (χ2n) is 3.84. The Balaban J connectivity index is 1.88. The van der Waals surface area contributed by atoms with Crippen LogP contribution < -0.4 is 5.32 Å². The van der Waals surface area contributed by atoms with E-state index >= 15 is 0 Å². The lowest BCUT2D eigenvalue weighted by molar-refractivity contribution is -0.113. The van der Waals surface area contributed by atoms with Gasteiger partial charge in [0.25, 0.3) is 0 Å². The van der Waals surface area contributed by atoms with E-state index in [4.69, 9.17) is 0 Å². The number of amides is 1. The number of hydrogen-bond donors (Lipinski definition) is 1. The van der Waals surface area contributed by atoms with E-state index < -0.39 is 0 Å². The van der Waals surface area contributed by atoms with Crippen LogP contribution in [-0.2, 0) is 4.79 Å². The van der Waals surface area contributed by atoms with E-state index in [9.17, 15) is 4.79 Å². The summed E-state index contributed by atoms with van der Waals surface area (Å²) in [7, 11) is 0. The predicted octanol–water partition coefficient (Wildman–Crippen LogP) is 3.12. The van der Waals surface area contributed by atoms with Gasteiger partial charge in [0.1, 0.15) is 0 Å². The van der Waals surface area contributed by atoms with Crippen LogP contribution in [0.15, 0.2) is 53.7 Å². The lowest BCUT2D eigenvalue weighted by Gasteiger charge is -2.06. The summed E-state index contributed by atoms with van der Waals surface area (Å²) in [6.07, 6.45) is 3.31. The molecule has 0 saturated carbocycles. The Hall–Kier alpha value is -1.81. The number of pyridine rings is 1. The number of thioether (sulfide) groups is 1. The van der Waals surface area contributed by atoms with Crippen molar-refractivity contribution < 1.29 is 4.79 Å². The average Bonchev–Trinajstić information content (AvgIpc) is 2.39. The number of aromatic nitrogens is 1. The highest BCUT2D eigenvalue weighted by Gasteiger charge is 2.04. The SMILES string of the molecule is Cc1ccccc1SCC(=O)Nc1cccnc1. The molecule has 4 heteroatoms. The van der Waals surface area contributed by atoms with E-state index in [1.54, 1.807) is 30.2 Å². The standard InChI is InChI=1S/C14H14N2OS/c1-11-5-2-3-7-13(11)18-10-14(17)16-12-6-4-8-15-9-12/h2-9H,10H2,1H3,(H,16,17). The van der Waals surface area contributed by atoms with Crippen LogP contribution in [0.1, 0.15) is 5.56 Å². The minimum atomic E-state index is -0.0174. The van der Waals surface area contributed by atoms with Gasteiger partial charge in [0.15, 0.2) is 0 Å². The van der Waals surface area contributed by atoms with Gasteiger partial charge in [-0.1, -0.05) is 18.2 Å². The van der Waals surface area contributed by atoms with Crippen LogP contribution in [0.25, 0.3) is 0 Å². The number of anilines is 1. The Kier molecular flexibility index (Phi) is 4.36. The molecule has 2 rings (SSSR count). The van der Waals surface area contributed by atoms with Crippen LogP contribution in [0.4, 0.5) is 5.69 Å². The Morgan fingerprint density at radius 3 is 2.83 bits per heavy atom. The highest BCUT2D eigenvalue weighted by atomic mass is 32.2. The predicted molar refractivity (Wildman–Crippen MR) is 74.8 cm³/mol. The third-order valence-corrected chi connectivity index (χ3v) is 3.57. The molecule has 2 aromatic rings. The van der Waals surface area contributed by atoms with Crippen molar-refractivity contribution in [3.63, 3.8) is 0 Å². The van der Waals surface area contributed by atoms with Crippen LogP contribution >= 0.6 is 11.8 Å². The molecule has 3 nitrogen and oxygen atoms in total. The van der Waals surface area contributed by atoms with Crippen LogP contribution in [-0.4, -0.2) is 16.6 Å². The van der Waals surface area contributed by atoms with Crippen molar-refractivity contribution in [2.45, 2.75) is 11.8 Å². The molecule has 92 valence electrons. The number of benzene rings is 1. The van der Waals surface area contributed by atoms with Crippen molar-refractivity contribution in [2.75, 3.05) is 11.1 Å². The number of aryl methyl sites for hydroxylation is 1. The topological polar surface area (TPSA) is 42.0 Å². The Morgan fingerprint density at radius 2 is 2.11 bits per heavy atom. The summed E-state index contributed by atoms with van der Waals surface area (Å²) < 4.78 is 0. The molecule has 0 radical (unpaired) electrons. The van der Waals surface area contributed by atoms with Crippen molar-refractivity contribution in [2.24, 2.45) is 0 Å². The largest absolute Gasteiger partial charge is 0.324 e. The molecular formula is C14H14N2OS. The molecule has 1 aromatic heterocycles. The number of nitrogens with one attached hydrogen (secondary N) is 1. The monoisotopic (exact) mass is 258 g/mol. The van der Waals surface area contributed by atoms with Crippen LogP contribution in [0.5, 0.6) is 0 Å². The number of hydrogen-bond acceptors (Lipinski definition) is 3. The zero-order valence-electron chi connectivity index (χ0n) is 10.1. The van der Waals surface area contributed by atoms with Crippen molar-refractivity contribution >= 4 is 23.4 Å². The first kappa shape index (κ1) is 12.6. The fourth-order valence-electron chi connectivity index (χ4n) is 1.50. The van der Waals surface area contributed by atoms with Crippen LogP contribution in [0.3, 0.4) is 0 Å². The number of carbonyl (C=O) groups excluding carboxylic acids is 1. The van der Waals surface area contributed by atoms with Gasteiger partial charge in [0, 0.05) is 11.1 Å². The van der Waals surface area contributed by atoms with Crippen LogP contribution in [0, 0.1) is 6.92 Å². The smallest absolute Gasteiger partial charge is 0.234 e. The molecule has 0 atom stereocenters. The highest BCUT2D eigenvalue weighted by molar-refractivity contribution is 8.00. The van der Waals surface area contributed by atoms with Gasteiger partial charge >= 0.3 is 0 Å². The normalized spacial score (nSPS) is 10.1. The van der Waals surface area contributed by atoms with Gasteiger partial charge in [0.2, 0.25) is 5.91 Å². The molecular weight excluding hydrogens is 244 g/mol. The van der Waals surface area contributed by atoms with Gasteiger partial charge in [-0.3, -0.25) is 9.78 Å². The summed E-state index contributed by atoms with van der Waals surface area (Å²) in [5.74, 6) is 0.385. The third-order valence-electron chi connectivity index (χ3n) is 2.40. The maximum absolute atomic E-state index is 11.7.